The van der Waals surface area contributed by atoms with Crippen LogP contribution in [-0.4, -0.2) is 84.1 Å². The van der Waals surface area contributed by atoms with Crippen molar-refractivity contribution in [3.8, 4) is 35.2 Å². The average Bonchev–Trinajstić information content (AvgIpc) is 3.37. The van der Waals surface area contributed by atoms with Crippen molar-refractivity contribution >= 4 is 39.1 Å². The summed E-state index contributed by atoms with van der Waals surface area (Å²) in [4.78, 5) is 13.9. The second-order valence-corrected chi connectivity index (χ2v) is 12.5. The summed E-state index contributed by atoms with van der Waals surface area (Å²) in [6.07, 6.45) is 8.56. The Kier molecular flexibility index (Phi) is 8.12. The normalized spacial score (nSPS) is 21.8. The number of phenolic OH excluding ortho intramolecular Hbond substituents is 1. The van der Waals surface area contributed by atoms with Gasteiger partial charge in [-0.3, -0.25) is 4.90 Å². The van der Waals surface area contributed by atoms with Crippen molar-refractivity contribution in [2.75, 3.05) is 50.9 Å². The zero-order valence-electron chi connectivity index (χ0n) is 25.0. The van der Waals surface area contributed by atoms with Crippen LogP contribution in [0.25, 0.3) is 32.8 Å². The highest BCUT2D eigenvalue weighted by Gasteiger charge is 2.34. The molecule has 3 atom stereocenters. The van der Waals surface area contributed by atoms with Gasteiger partial charge in [-0.25, -0.2) is 8.78 Å². The number of hydrogen-bond acceptors (Lipinski definition) is 8. The molecule has 3 aliphatic heterocycles. The first-order chi connectivity index (χ1) is 21.8. The minimum atomic E-state index is -0.731. The molecule has 2 N–H and O–H groups in total. The van der Waals surface area contributed by atoms with Crippen LogP contribution < -0.4 is 15.0 Å². The fourth-order valence-corrected chi connectivity index (χ4v) is 7.26. The van der Waals surface area contributed by atoms with E-state index in [2.05, 4.69) is 32.9 Å². The quantitative estimate of drug-likeness (QED) is 0.204. The minimum Gasteiger partial charge on any atom is -0.508 e. The highest BCUT2D eigenvalue weighted by molar-refractivity contribution is 6.35. The Labute approximate surface area is 265 Å². The molecule has 0 saturated carbocycles. The van der Waals surface area contributed by atoms with Crippen LogP contribution in [0, 0.1) is 24.0 Å². The van der Waals surface area contributed by atoms with Crippen molar-refractivity contribution < 1.29 is 23.4 Å². The summed E-state index contributed by atoms with van der Waals surface area (Å²) < 4.78 is 43.3. The van der Waals surface area contributed by atoms with Crippen LogP contribution >= 0.6 is 11.6 Å². The number of aromatic hydroxyl groups is 1. The third-order valence-electron chi connectivity index (χ3n) is 9.15. The van der Waals surface area contributed by atoms with Gasteiger partial charge in [-0.05, 0) is 61.4 Å². The van der Waals surface area contributed by atoms with Gasteiger partial charge < -0.3 is 24.8 Å². The van der Waals surface area contributed by atoms with Crippen LogP contribution in [0.4, 0.5) is 14.6 Å². The Balaban J connectivity index is 1.32. The number of benzene rings is 3. The van der Waals surface area contributed by atoms with Gasteiger partial charge >= 0.3 is 6.01 Å². The van der Waals surface area contributed by atoms with E-state index in [-0.39, 0.29) is 44.4 Å². The van der Waals surface area contributed by atoms with Crippen LogP contribution in [0.1, 0.15) is 31.7 Å². The predicted molar refractivity (Wildman–Crippen MR) is 171 cm³/mol. The average molecular weight is 634 g/mol. The smallest absolute Gasteiger partial charge is 0.319 e. The van der Waals surface area contributed by atoms with Crippen LogP contribution in [0.15, 0.2) is 30.3 Å². The molecule has 0 radical (unpaired) electrons. The van der Waals surface area contributed by atoms with E-state index in [1.807, 2.05) is 0 Å². The molecule has 3 unspecified atom stereocenters. The van der Waals surface area contributed by atoms with Crippen molar-refractivity contribution in [2.24, 2.45) is 0 Å². The molecule has 1 aromatic heterocycles. The van der Waals surface area contributed by atoms with Crippen molar-refractivity contribution in [2.45, 2.75) is 44.3 Å². The number of halogens is 3. The molecule has 45 heavy (non-hydrogen) atoms. The van der Waals surface area contributed by atoms with E-state index in [0.29, 0.717) is 67.6 Å². The summed E-state index contributed by atoms with van der Waals surface area (Å²) in [6, 6.07) is 8.18. The number of morpholine rings is 1. The molecule has 4 heterocycles. The maximum atomic E-state index is 16.9. The Morgan fingerprint density at radius 3 is 2.73 bits per heavy atom. The zero-order valence-corrected chi connectivity index (χ0v) is 25.7. The van der Waals surface area contributed by atoms with E-state index < -0.39 is 11.6 Å². The third kappa shape index (κ3) is 5.63. The number of piperazine rings is 1. The van der Waals surface area contributed by atoms with E-state index in [1.165, 1.54) is 24.3 Å². The van der Waals surface area contributed by atoms with Gasteiger partial charge in [0.1, 0.15) is 22.9 Å². The highest BCUT2D eigenvalue weighted by Crippen LogP contribution is 2.44. The van der Waals surface area contributed by atoms with E-state index in [0.717, 1.165) is 32.4 Å². The molecule has 11 heteroatoms. The molecule has 0 spiro atoms. The standard InChI is InChI=1S/C34H34ClF2N5O3/c1-3-24-28(36)8-5-20-13-23(43)14-25(29(20)24)30-27(35)15-26-32(31(30)37)39-34(45-11-4-9-41-10-12-44-18-19(41)2)40-33(26)42-16-21-6-7-22(17-42)38-21/h1,5,8,13-15,19,21-22,38,43H,4,6-7,9-12,16-18H2,2H3. The topological polar surface area (TPSA) is 83.0 Å². The van der Waals surface area contributed by atoms with Crippen LogP contribution in [0.5, 0.6) is 11.8 Å². The van der Waals surface area contributed by atoms with Crippen LogP contribution in [0.2, 0.25) is 5.02 Å². The summed E-state index contributed by atoms with van der Waals surface area (Å²) in [7, 11) is 0. The minimum absolute atomic E-state index is 0.0252. The number of terminal acetylenes is 1. The van der Waals surface area contributed by atoms with E-state index in [1.54, 1.807) is 6.07 Å². The maximum Gasteiger partial charge on any atom is 0.319 e. The summed E-state index contributed by atoms with van der Waals surface area (Å²) in [5.74, 6) is 1.44. The van der Waals surface area contributed by atoms with Crippen molar-refractivity contribution in [1.29, 1.82) is 0 Å². The molecular weight excluding hydrogens is 600 g/mol. The fourth-order valence-electron chi connectivity index (χ4n) is 6.97. The summed E-state index contributed by atoms with van der Waals surface area (Å²) in [5, 5.41) is 15.4. The Bertz CT molecular complexity index is 1820. The largest absolute Gasteiger partial charge is 0.508 e. The van der Waals surface area contributed by atoms with Crippen LogP contribution in [-0.2, 0) is 4.74 Å². The second-order valence-electron chi connectivity index (χ2n) is 12.1. The van der Waals surface area contributed by atoms with Crippen LogP contribution in [0.3, 0.4) is 0 Å². The summed E-state index contributed by atoms with van der Waals surface area (Å²) in [6.45, 7) is 7.03. The lowest BCUT2D eigenvalue weighted by Crippen LogP contribution is -2.51. The van der Waals surface area contributed by atoms with E-state index in [4.69, 9.17) is 32.5 Å². The third-order valence-corrected chi connectivity index (χ3v) is 9.45. The molecule has 0 aliphatic carbocycles. The summed E-state index contributed by atoms with van der Waals surface area (Å²) in [5.41, 5.74) is 0.113. The van der Waals surface area contributed by atoms with Crippen molar-refractivity contribution in [3.05, 3.63) is 52.6 Å². The zero-order chi connectivity index (χ0) is 31.2. The monoisotopic (exact) mass is 633 g/mol. The number of aromatic nitrogens is 2. The number of phenols is 1. The second kappa shape index (κ2) is 12.2. The lowest BCUT2D eigenvalue weighted by Gasteiger charge is -2.34. The van der Waals surface area contributed by atoms with Gasteiger partial charge in [-0.1, -0.05) is 23.6 Å². The highest BCUT2D eigenvalue weighted by atomic mass is 35.5. The molecule has 234 valence electrons. The van der Waals surface area contributed by atoms with Gasteiger partial charge in [-0.15, -0.1) is 6.42 Å². The Hall–Kier alpha value is -3.75. The molecule has 7 rings (SSSR count). The van der Waals surface area contributed by atoms with Gasteiger partial charge in [-0.2, -0.15) is 9.97 Å². The molecule has 3 aliphatic rings. The number of fused-ring (bicyclic) bond motifs is 4. The Morgan fingerprint density at radius 2 is 1.98 bits per heavy atom. The van der Waals surface area contributed by atoms with Gasteiger partial charge in [0.2, 0.25) is 0 Å². The number of nitrogens with zero attached hydrogens (tertiary/aromatic N) is 4. The number of hydrogen-bond donors (Lipinski definition) is 2. The van der Waals surface area contributed by atoms with Crippen molar-refractivity contribution in [1.82, 2.24) is 20.2 Å². The maximum absolute atomic E-state index is 16.9. The van der Waals surface area contributed by atoms with Gasteiger partial charge in [0.05, 0.1) is 30.4 Å². The molecule has 0 amide bonds. The summed E-state index contributed by atoms with van der Waals surface area (Å²) >= 11 is 6.84. The Morgan fingerprint density at radius 1 is 1.18 bits per heavy atom. The first-order valence-corrected chi connectivity index (χ1v) is 15.8. The SMILES string of the molecule is C#Cc1c(F)ccc2cc(O)cc(-c3c(Cl)cc4c(N5CC6CCC(C5)N6)nc(OCCCN5CCOCC5C)nc4c3F)c12. The molecule has 2 bridgehead atoms. The van der Waals surface area contributed by atoms with E-state index >= 15 is 4.39 Å². The number of rotatable bonds is 7. The fraction of sp³-hybridized carbons (Fsp3) is 0.412. The number of anilines is 1. The molecule has 3 aromatic carbocycles. The van der Waals surface area contributed by atoms with Gasteiger partial charge in [0.25, 0.3) is 0 Å². The van der Waals surface area contributed by atoms with Crippen molar-refractivity contribution in [3.63, 3.8) is 0 Å². The molecule has 4 aromatic rings. The molecule has 3 saturated heterocycles. The first kappa shape index (κ1) is 29.9. The lowest BCUT2D eigenvalue weighted by molar-refractivity contribution is -0.00211. The van der Waals surface area contributed by atoms with E-state index in [9.17, 15) is 9.50 Å². The van der Waals surface area contributed by atoms with Gasteiger partial charge in [0.15, 0.2) is 5.82 Å². The van der Waals surface area contributed by atoms with Gasteiger partial charge in [0, 0.05) is 60.6 Å². The molecular formula is C34H34ClF2N5O3. The number of nitrogens with one attached hydrogen (secondary N) is 1. The molecule has 3 fully saturated rings. The number of ether oxygens (including phenoxy) is 2. The predicted octanol–water partition coefficient (Wildman–Crippen LogP) is 5.50. The first-order valence-electron chi connectivity index (χ1n) is 15.4. The molecule has 8 nitrogen and oxygen atoms in total. The lowest BCUT2D eigenvalue weighted by atomic mass is 9.93.